The van der Waals surface area contributed by atoms with Gasteiger partial charge in [0.2, 0.25) is 0 Å². The van der Waals surface area contributed by atoms with E-state index in [2.05, 4.69) is 0 Å². The Kier molecular flexibility index (Phi) is 2.83. The van der Waals surface area contributed by atoms with Crippen LogP contribution in [0.3, 0.4) is 0 Å². The summed E-state index contributed by atoms with van der Waals surface area (Å²) in [6.45, 7) is 3.20. The molecule has 0 saturated heterocycles. The molecule has 70 valence electrons. The maximum Gasteiger partial charge on any atom is 0.168 e. The summed E-state index contributed by atoms with van der Waals surface area (Å²) in [5.74, 6) is -0.115. The van der Waals surface area contributed by atoms with Gasteiger partial charge in [0.15, 0.2) is 16.5 Å². The molecule has 1 rings (SSSR count). The van der Waals surface area contributed by atoms with E-state index < -0.39 is 10.7 Å². The van der Waals surface area contributed by atoms with Crippen molar-refractivity contribution in [2.75, 3.05) is 0 Å². The fourth-order valence-electron chi connectivity index (χ4n) is 1.10. The molecule has 4 heteroatoms. The van der Waals surface area contributed by atoms with Gasteiger partial charge in [-0.2, -0.15) is 0 Å². The van der Waals surface area contributed by atoms with Crippen molar-refractivity contribution in [2.24, 2.45) is 0 Å². The minimum atomic E-state index is -2.60. The summed E-state index contributed by atoms with van der Waals surface area (Å²) >= 11 is 0. The third kappa shape index (κ3) is 2.15. The zero-order valence-electron chi connectivity index (χ0n) is 7.40. The van der Waals surface area contributed by atoms with Crippen LogP contribution < -0.4 is 0 Å². The number of carbonyl (C=O) groups excluding carboxylic acids is 1. The van der Waals surface area contributed by atoms with Gasteiger partial charge in [0.05, 0.1) is 4.90 Å². The van der Waals surface area contributed by atoms with E-state index in [9.17, 15) is 13.2 Å². The molecule has 0 radical (unpaired) electrons. The van der Waals surface area contributed by atoms with Crippen LogP contribution in [0.25, 0.3) is 0 Å². The lowest BCUT2D eigenvalue weighted by Gasteiger charge is -2.01. The summed E-state index contributed by atoms with van der Waals surface area (Å²) in [6, 6.07) is 4.54. The first kappa shape index (κ1) is 9.92. The highest BCUT2D eigenvalue weighted by molar-refractivity contribution is 7.72. The van der Waals surface area contributed by atoms with Crippen molar-refractivity contribution in [3.63, 3.8) is 0 Å². The van der Waals surface area contributed by atoms with Crippen LogP contribution in [0.4, 0.5) is 0 Å². The van der Waals surface area contributed by atoms with Crippen LogP contribution in [0, 0.1) is 6.92 Å². The average Bonchev–Trinajstić information content (AvgIpc) is 2.04. The summed E-state index contributed by atoms with van der Waals surface area (Å²) in [5, 5.41) is 0. The van der Waals surface area contributed by atoms with Crippen LogP contribution in [0.15, 0.2) is 23.1 Å². The molecule has 1 aromatic rings. The van der Waals surface area contributed by atoms with E-state index in [1.54, 1.807) is 13.0 Å². The average molecular weight is 198 g/mol. The lowest BCUT2D eigenvalue weighted by Crippen LogP contribution is -1.97. The molecule has 0 aliphatic heterocycles. The molecule has 0 unspecified atom stereocenters. The molecule has 0 aromatic heterocycles. The third-order valence-corrected chi connectivity index (χ3v) is 2.51. The predicted molar refractivity (Wildman–Crippen MR) is 49.8 cm³/mol. The van der Waals surface area contributed by atoms with Crippen molar-refractivity contribution < 1.29 is 13.2 Å². The van der Waals surface area contributed by atoms with Crippen molar-refractivity contribution in [3.8, 4) is 0 Å². The zero-order valence-corrected chi connectivity index (χ0v) is 8.30. The quantitative estimate of drug-likeness (QED) is 0.573. The molecule has 0 bridgehead atoms. The fourth-order valence-corrected chi connectivity index (χ4v) is 1.53. The van der Waals surface area contributed by atoms with Crippen LogP contribution in [0.1, 0.15) is 22.8 Å². The second kappa shape index (κ2) is 3.70. The summed E-state index contributed by atoms with van der Waals surface area (Å²) in [6.07, 6.45) is 0. The summed E-state index contributed by atoms with van der Waals surface area (Å²) < 4.78 is 21.2. The molecule has 13 heavy (non-hydrogen) atoms. The molecule has 0 heterocycles. The van der Waals surface area contributed by atoms with Crippen molar-refractivity contribution in [1.82, 2.24) is 0 Å². The number of ketones is 1. The van der Waals surface area contributed by atoms with Gasteiger partial charge in [-0.1, -0.05) is 6.07 Å². The smallest absolute Gasteiger partial charge is 0.168 e. The van der Waals surface area contributed by atoms with Gasteiger partial charge in [-0.25, -0.2) is 8.42 Å². The molecule has 0 aliphatic rings. The number of carbonyl (C=O) groups is 1. The molecule has 1 aromatic carbocycles. The normalized spacial score (nSPS) is 10.4. The predicted octanol–water partition coefficient (Wildman–Crippen LogP) is 1.17. The number of rotatable bonds is 2. The Bertz CT molecular complexity index is 411. The summed E-state index contributed by atoms with van der Waals surface area (Å²) in [4.78, 5) is 11.2. The molecule has 0 spiro atoms. The molecule has 0 N–H and O–H groups in total. The SMILES string of the molecule is CC(=O)c1cc([SH](=O)=O)ccc1C. The lowest BCUT2D eigenvalue weighted by atomic mass is 10.1. The van der Waals surface area contributed by atoms with Gasteiger partial charge in [0.1, 0.15) is 0 Å². The molecule has 0 aliphatic carbocycles. The van der Waals surface area contributed by atoms with Crippen LogP contribution in [0.5, 0.6) is 0 Å². The highest BCUT2D eigenvalue weighted by Crippen LogP contribution is 2.12. The van der Waals surface area contributed by atoms with Crippen molar-refractivity contribution in [1.29, 1.82) is 0 Å². The molecule has 0 fully saturated rings. The van der Waals surface area contributed by atoms with E-state index in [1.165, 1.54) is 19.1 Å². The number of benzene rings is 1. The van der Waals surface area contributed by atoms with E-state index >= 15 is 0 Å². The molecule has 3 nitrogen and oxygen atoms in total. The van der Waals surface area contributed by atoms with E-state index in [-0.39, 0.29) is 10.7 Å². The van der Waals surface area contributed by atoms with Gasteiger partial charge in [-0.3, -0.25) is 4.79 Å². The number of thiol groups is 1. The third-order valence-electron chi connectivity index (χ3n) is 1.81. The van der Waals surface area contributed by atoms with Crippen molar-refractivity contribution in [3.05, 3.63) is 29.3 Å². The van der Waals surface area contributed by atoms with Crippen LogP contribution in [-0.4, -0.2) is 14.2 Å². The molecule has 0 atom stereocenters. The van der Waals surface area contributed by atoms with Crippen LogP contribution in [0.2, 0.25) is 0 Å². The number of aryl methyl sites for hydroxylation is 1. The Hall–Kier alpha value is -1.16. The Balaban J connectivity index is 3.35. The summed E-state index contributed by atoms with van der Waals surface area (Å²) in [7, 11) is -2.60. The monoisotopic (exact) mass is 198 g/mol. The fraction of sp³-hybridized carbons (Fsp3) is 0.222. The number of Topliss-reactive ketones (excluding diaryl/α,β-unsaturated/α-hetero) is 1. The van der Waals surface area contributed by atoms with Gasteiger partial charge >= 0.3 is 0 Å². The number of hydrogen-bond acceptors (Lipinski definition) is 3. The topological polar surface area (TPSA) is 51.2 Å². The maximum absolute atomic E-state index is 11.0. The Labute approximate surface area is 78.3 Å². The molecule has 0 amide bonds. The Morgan fingerprint density at radius 2 is 1.92 bits per heavy atom. The van der Waals surface area contributed by atoms with Gasteiger partial charge in [-0.05, 0) is 31.5 Å². The summed E-state index contributed by atoms with van der Waals surface area (Å²) in [5.41, 5.74) is 1.27. The van der Waals surface area contributed by atoms with E-state index in [1.807, 2.05) is 0 Å². The zero-order chi connectivity index (χ0) is 10.0. The van der Waals surface area contributed by atoms with Gasteiger partial charge in [0.25, 0.3) is 0 Å². The van der Waals surface area contributed by atoms with E-state index in [4.69, 9.17) is 0 Å². The molecule has 0 saturated carbocycles. The van der Waals surface area contributed by atoms with E-state index in [0.717, 1.165) is 5.56 Å². The van der Waals surface area contributed by atoms with Crippen molar-refractivity contribution in [2.45, 2.75) is 18.7 Å². The standard InChI is InChI=1S/C9H10O3S/c1-6-3-4-8(13(11)12)5-9(6)7(2)10/h3-5,13H,1-2H3. The molecular formula is C9H10O3S. The second-order valence-corrected chi connectivity index (χ2v) is 3.84. The van der Waals surface area contributed by atoms with Crippen LogP contribution >= 0.6 is 0 Å². The van der Waals surface area contributed by atoms with Crippen molar-refractivity contribution >= 4 is 16.5 Å². The van der Waals surface area contributed by atoms with Gasteiger partial charge < -0.3 is 0 Å². The lowest BCUT2D eigenvalue weighted by molar-refractivity contribution is 0.101. The number of hydrogen-bond donors (Lipinski definition) is 1. The first-order valence-corrected chi connectivity index (χ1v) is 4.96. The van der Waals surface area contributed by atoms with Crippen LogP contribution in [-0.2, 0) is 10.7 Å². The minimum absolute atomic E-state index is 0.115. The van der Waals surface area contributed by atoms with Gasteiger partial charge in [0, 0.05) is 5.56 Å². The first-order chi connectivity index (χ1) is 6.02. The largest absolute Gasteiger partial charge is 0.295 e. The Morgan fingerprint density at radius 1 is 1.31 bits per heavy atom. The Morgan fingerprint density at radius 3 is 2.38 bits per heavy atom. The first-order valence-electron chi connectivity index (χ1n) is 3.78. The second-order valence-electron chi connectivity index (χ2n) is 2.81. The minimum Gasteiger partial charge on any atom is -0.295 e. The highest BCUT2D eigenvalue weighted by Gasteiger charge is 2.05. The van der Waals surface area contributed by atoms with E-state index in [0.29, 0.717) is 5.56 Å². The highest BCUT2D eigenvalue weighted by atomic mass is 32.2. The maximum atomic E-state index is 11.0. The molecular weight excluding hydrogens is 188 g/mol. The van der Waals surface area contributed by atoms with Gasteiger partial charge in [-0.15, -0.1) is 0 Å².